The van der Waals surface area contributed by atoms with E-state index in [0.29, 0.717) is 5.69 Å². The summed E-state index contributed by atoms with van der Waals surface area (Å²) in [5.74, 6) is 0. The molecule has 0 saturated heterocycles. The van der Waals surface area contributed by atoms with Crippen LogP contribution < -0.4 is 28.5 Å². The number of rotatable bonds is 2. The first-order chi connectivity index (χ1) is 5.55. The van der Waals surface area contributed by atoms with Crippen LogP contribution in [0.25, 0.3) is 0 Å². The van der Waals surface area contributed by atoms with Crippen LogP contribution in [0.2, 0.25) is 0 Å². The number of pyridine rings is 1. The third kappa shape index (κ3) is 2.84. The molecule has 0 atom stereocenters. The van der Waals surface area contributed by atoms with E-state index < -0.39 is 11.0 Å². The van der Waals surface area contributed by atoms with Gasteiger partial charge in [0.05, 0.1) is 14.1 Å². The van der Waals surface area contributed by atoms with Crippen molar-refractivity contribution in [3.63, 3.8) is 0 Å². The van der Waals surface area contributed by atoms with E-state index in [1.165, 1.54) is 26.5 Å². The highest BCUT2D eigenvalue weighted by molar-refractivity contribution is 5.39. The van der Waals surface area contributed by atoms with Gasteiger partial charge in [-0.3, -0.25) is 4.98 Å². The Bertz CT molecular complexity index is 252. The molecule has 0 unspecified atom stereocenters. The molecule has 1 heterocycles. The maximum atomic E-state index is 12.5. The van der Waals surface area contributed by atoms with Crippen LogP contribution in [-0.2, 0) is 0 Å². The lowest BCUT2D eigenvalue weighted by atomic mass is 10.3. The molecule has 74 valence electrons. The van der Waals surface area contributed by atoms with Gasteiger partial charge in [-0.2, -0.15) is 8.78 Å². The molecule has 0 N–H and O–H groups in total. The van der Waals surface area contributed by atoms with E-state index in [-0.39, 0.29) is 24.0 Å². The zero-order valence-electron chi connectivity index (χ0n) is 7.42. The Morgan fingerprint density at radius 3 is 2.08 bits per heavy atom. The second kappa shape index (κ2) is 4.80. The number of alkyl halides is 2. The van der Waals surface area contributed by atoms with Gasteiger partial charge in [0.2, 0.25) is 0 Å². The lowest BCUT2D eigenvalue weighted by Crippen LogP contribution is -3.00. The minimum Gasteiger partial charge on any atom is -1.00 e. The second-order valence-electron chi connectivity index (χ2n) is 3.02. The van der Waals surface area contributed by atoms with E-state index in [1.807, 2.05) is 0 Å². The molecule has 0 fully saturated rings. The number of hydrogen-bond acceptors (Lipinski definition) is 1. The van der Waals surface area contributed by atoms with Gasteiger partial charge in [-0.05, 0) is 0 Å². The Labute approximate surface area is 93.2 Å². The van der Waals surface area contributed by atoms with Crippen molar-refractivity contribution in [2.24, 2.45) is 0 Å². The van der Waals surface area contributed by atoms with Crippen LogP contribution in [0.15, 0.2) is 24.5 Å². The van der Waals surface area contributed by atoms with Gasteiger partial charge in [0.15, 0.2) is 0 Å². The SMILES string of the molecule is C[N+](C)(c1ccncc1)C(F)F.[I-]. The summed E-state index contributed by atoms with van der Waals surface area (Å²) in [5, 5.41) is 0. The van der Waals surface area contributed by atoms with Crippen molar-refractivity contribution in [1.29, 1.82) is 0 Å². The zero-order valence-corrected chi connectivity index (χ0v) is 9.57. The molecule has 13 heavy (non-hydrogen) atoms. The molecular formula is C8H11F2IN2. The molecule has 1 aromatic rings. The normalized spacial score (nSPS) is 11.2. The lowest BCUT2D eigenvalue weighted by molar-refractivity contribution is -0.0000211. The molecule has 0 aromatic carbocycles. The van der Waals surface area contributed by atoms with Gasteiger partial charge in [0.25, 0.3) is 0 Å². The summed E-state index contributed by atoms with van der Waals surface area (Å²) in [6.07, 6.45) is 3.02. The minimum absolute atomic E-state index is 0. The van der Waals surface area contributed by atoms with Crippen molar-refractivity contribution < 1.29 is 32.8 Å². The predicted molar refractivity (Wildman–Crippen MR) is 43.9 cm³/mol. The summed E-state index contributed by atoms with van der Waals surface area (Å²) in [7, 11) is 2.92. The molecule has 0 spiro atoms. The van der Waals surface area contributed by atoms with Crippen LogP contribution >= 0.6 is 0 Å². The molecule has 0 radical (unpaired) electrons. The largest absolute Gasteiger partial charge is 1.00 e. The van der Waals surface area contributed by atoms with Gasteiger partial charge in [-0.15, -0.1) is 0 Å². The quantitative estimate of drug-likeness (QED) is 0.383. The summed E-state index contributed by atoms with van der Waals surface area (Å²) >= 11 is 0. The maximum Gasteiger partial charge on any atom is 0.385 e. The van der Waals surface area contributed by atoms with Gasteiger partial charge in [-0.1, -0.05) is 0 Å². The Hall–Kier alpha value is -0.300. The first kappa shape index (κ1) is 12.7. The Kier molecular flexibility index (Phi) is 4.69. The standard InChI is InChI=1S/C8H11F2N2.HI/c1-12(2,8(9)10)7-3-5-11-6-4-7;/h3-6,8H,1-2H3;1H/q+1;/p-1. The van der Waals surface area contributed by atoms with E-state index in [4.69, 9.17) is 0 Å². The van der Waals surface area contributed by atoms with E-state index in [2.05, 4.69) is 4.98 Å². The van der Waals surface area contributed by atoms with Crippen LogP contribution in [0.4, 0.5) is 14.5 Å². The summed E-state index contributed by atoms with van der Waals surface area (Å²) in [6.45, 7) is -2.41. The van der Waals surface area contributed by atoms with Crippen LogP contribution in [0.1, 0.15) is 0 Å². The second-order valence-corrected chi connectivity index (χ2v) is 3.02. The van der Waals surface area contributed by atoms with E-state index >= 15 is 0 Å². The number of aromatic nitrogens is 1. The first-order valence-corrected chi connectivity index (χ1v) is 3.57. The number of hydrogen-bond donors (Lipinski definition) is 0. The Morgan fingerprint density at radius 2 is 1.69 bits per heavy atom. The van der Waals surface area contributed by atoms with Crippen molar-refractivity contribution in [1.82, 2.24) is 9.47 Å². The summed E-state index contributed by atoms with van der Waals surface area (Å²) in [4.78, 5) is 3.76. The molecule has 0 saturated carbocycles. The van der Waals surface area contributed by atoms with Crippen LogP contribution in [0.5, 0.6) is 0 Å². The monoisotopic (exact) mass is 300 g/mol. The maximum absolute atomic E-state index is 12.5. The van der Waals surface area contributed by atoms with E-state index in [9.17, 15) is 8.78 Å². The molecule has 1 rings (SSSR count). The summed E-state index contributed by atoms with van der Waals surface area (Å²) in [6, 6.07) is 3.18. The summed E-state index contributed by atoms with van der Waals surface area (Å²) in [5.41, 5.74) is 0.556. The first-order valence-electron chi connectivity index (χ1n) is 3.57. The summed E-state index contributed by atoms with van der Waals surface area (Å²) < 4.78 is 24.5. The van der Waals surface area contributed by atoms with Gasteiger partial charge in [0.1, 0.15) is 5.69 Å². The smallest absolute Gasteiger partial charge is 0.385 e. The third-order valence-corrected chi connectivity index (χ3v) is 1.82. The van der Waals surface area contributed by atoms with Crippen molar-refractivity contribution in [3.8, 4) is 0 Å². The third-order valence-electron chi connectivity index (χ3n) is 1.82. The van der Waals surface area contributed by atoms with Crippen LogP contribution in [0.3, 0.4) is 0 Å². The predicted octanol–water partition coefficient (Wildman–Crippen LogP) is -1.12. The Balaban J connectivity index is 0.00000144. The molecule has 0 amide bonds. The fourth-order valence-electron chi connectivity index (χ4n) is 0.841. The number of nitrogens with zero attached hydrogens (tertiary/aromatic N) is 2. The molecular weight excluding hydrogens is 289 g/mol. The number of halogens is 3. The van der Waals surface area contributed by atoms with Gasteiger partial charge >= 0.3 is 6.55 Å². The molecule has 1 aromatic heterocycles. The molecule has 0 aliphatic heterocycles. The molecule has 0 aliphatic rings. The highest BCUT2D eigenvalue weighted by atomic mass is 127. The zero-order chi connectivity index (χ0) is 9.19. The topological polar surface area (TPSA) is 12.9 Å². The molecule has 2 nitrogen and oxygen atoms in total. The van der Waals surface area contributed by atoms with E-state index in [1.54, 1.807) is 12.1 Å². The van der Waals surface area contributed by atoms with Crippen molar-refractivity contribution >= 4 is 5.69 Å². The van der Waals surface area contributed by atoms with Gasteiger partial charge in [0, 0.05) is 24.5 Å². The molecule has 0 bridgehead atoms. The highest BCUT2D eigenvalue weighted by Crippen LogP contribution is 2.21. The van der Waals surface area contributed by atoms with Gasteiger partial charge < -0.3 is 24.0 Å². The Morgan fingerprint density at radius 1 is 1.23 bits per heavy atom. The highest BCUT2D eigenvalue weighted by Gasteiger charge is 2.29. The van der Waals surface area contributed by atoms with Crippen molar-refractivity contribution in [2.45, 2.75) is 6.55 Å². The molecule has 5 heteroatoms. The number of quaternary nitrogens is 1. The average molecular weight is 300 g/mol. The molecule has 0 aliphatic carbocycles. The van der Waals surface area contributed by atoms with Crippen molar-refractivity contribution in [3.05, 3.63) is 24.5 Å². The van der Waals surface area contributed by atoms with Crippen LogP contribution in [-0.4, -0.2) is 25.6 Å². The van der Waals surface area contributed by atoms with Gasteiger partial charge in [-0.25, -0.2) is 4.48 Å². The lowest BCUT2D eigenvalue weighted by Gasteiger charge is -2.27. The van der Waals surface area contributed by atoms with Crippen molar-refractivity contribution in [2.75, 3.05) is 14.1 Å². The van der Waals surface area contributed by atoms with Crippen LogP contribution in [0, 0.1) is 0 Å². The minimum atomic E-state index is -2.41. The fraction of sp³-hybridized carbons (Fsp3) is 0.375. The fourth-order valence-corrected chi connectivity index (χ4v) is 0.841. The average Bonchev–Trinajstić information content (AvgIpc) is 2.06. The van der Waals surface area contributed by atoms with E-state index in [0.717, 1.165) is 0 Å².